The van der Waals surface area contributed by atoms with Crippen molar-refractivity contribution in [1.29, 1.82) is 0 Å². The summed E-state index contributed by atoms with van der Waals surface area (Å²) < 4.78 is 0. The molecule has 1 fully saturated rings. The van der Waals surface area contributed by atoms with Gasteiger partial charge in [0.2, 0.25) is 5.91 Å². The van der Waals surface area contributed by atoms with E-state index >= 15 is 0 Å². The van der Waals surface area contributed by atoms with Crippen LogP contribution >= 0.6 is 11.6 Å². The molecule has 1 aliphatic rings. The summed E-state index contributed by atoms with van der Waals surface area (Å²) in [7, 11) is 0. The minimum atomic E-state index is -0.538. The number of hydrogen-bond acceptors (Lipinski definition) is 2. The molecule has 0 bridgehead atoms. The largest absolute Gasteiger partial charge is 0.325 e. The number of benzene rings is 3. The van der Waals surface area contributed by atoms with E-state index in [0.717, 1.165) is 16.5 Å². The summed E-state index contributed by atoms with van der Waals surface area (Å²) in [5, 5.41) is 2.64. The van der Waals surface area contributed by atoms with E-state index in [4.69, 9.17) is 11.6 Å². The van der Waals surface area contributed by atoms with Gasteiger partial charge in [-0.1, -0.05) is 54.1 Å². The van der Waals surface area contributed by atoms with Crippen molar-refractivity contribution in [3.05, 3.63) is 77.3 Å². The average Bonchev–Trinajstić information content (AvgIpc) is 2.69. The van der Waals surface area contributed by atoms with Crippen molar-refractivity contribution in [1.82, 2.24) is 4.90 Å². The number of piperazine rings is 1. The molecule has 1 aliphatic heterocycles. The van der Waals surface area contributed by atoms with Crippen LogP contribution in [0.1, 0.15) is 17.3 Å². The van der Waals surface area contributed by atoms with Crippen LogP contribution in [-0.4, -0.2) is 35.8 Å². The van der Waals surface area contributed by atoms with Gasteiger partial charge in [-0.3, -0.25) is 9.59 Å². The summed E-state index contributed by atoms with van der Waals surface area (Å²) in [5.41, 5.74) is 1.39. The van der Waals surface area contributed by atoms with Crippen LogP contribution in [0.2, 0.25) is 5.02 Å². The third-order valence-corrected chi connectivity index (χ3v) is 5.28. The second-order valence-electron chi connectivity index (χ2n) is 6.67. The second-order valence-corrected chi connectivity index (χ2v) is 7.11. The average molecular weight is 379 g/mol. The predicted molar refractivity (Wildman–Crippen MR) is 108 cm³/mol. The van der Waals surface area contributed by atoms with Gasteiger partial charge in [0.25, 0.3) is 5.91 Å². The quantitative estimate of drug-likeness (QED) is 0.664. The van der Waals surface area contributed by atoms with Crippen molar-refractivity contribution >= 4 is 39.9 Å². The molecule has 0 aromatic heterocycles. The molecule has 3 aromatic rings. The van der Waals surface area contributed by atoms with E-state index in [2.05, 4.69) is 0 Å². The van der Waals surface area contributed by atoms with Crippen LogP contribution in [-0.2, 0) is 4.79 Å². The first-order chi connectivity index (χ1) is 13.1. The number of amides is 2. The van der Waals surface area contributed by atoms with Crippen molar-refractivity contribution < 1.29 is 9.59 Å². The van der Waals surface area contributed by atoms with Gasteiger partial charge in [-0.2, -0.15) is 0 Å². The maximum absolute atomic E-state index is 13.1. The summed E-state index contributed by atoms with van der Waals surface area (Å²) in [6, 6.07) is 20.3. The summed E-state index contributed by atoms with van der Waals surface area (Å²) in [4.78, 5) is 29.4. The molecule has 1 saturated heterocycles. The van der Waals surface area contributed by atoms with Crippen LogP contribution in [0, 0.1) is 0 Å². The van der Waals surface area contributed by atoms with Gasteiger partial charge in [0, 0.05) is 29.1 Å². The molecule has 0 radical (unpaired) electrons. The van der Waals surface area contributed by atoms with Crippen LogP contribution in [0.4, 0.5) is 5.69 Å². The number of fused-ring (bicyclic) bond motifs is 1. The van der Waals surface area contributed by atoms with Crippen molar-refractivity contribution in [2.24, 2.45) is 0 Å². The van der Waals surface area contributed by atoms with Crippen LogP contribution in [0.15, 0.2) is 66.7 Å². The minimum Gasteiger partial charge on any atom is -0.325 e. The van der Waals surface area contributed by atoms with Gasteiger partial charge in [-0.05, 0) is 36.6 Å². The first-order valence-corrected chi connectivity index (χ1v) is 9.30. The number of rotatable bonds is 2. The molecule has 1 heterocycles. The maximum atomic E-state index is 13.1. The Morgan fingerprint density at radius 1 is 1.00 bits per heavy atom. The van der Waals surface area contributed by atoms with Gasteiger partial charge in [-0.25, -0.2) is 0 Å². The Morgan fingerprint density at radius 2 is 1.74 bits per heavy atom. The zero-order valence-electron chi connectivity index (χ0n) is 14.9. The van der Waals surface area contributed by atoms with Gasteiger partial charge >= 0.3 is 0 Å². The molecule has 4 rings (SSSR count). The first kappa shape index (κ1) is 17.6. The molecule has 0 N–H and O–H groups in total. The lowest BCUT2D eigenvalue weighted by atomic mass is 10.0. The predicted octanol–water partition coefficient (Wildman–Crippen LogP) is 4.37. The summed E-state index contributed by atoms with van der Waals surface area (Å²) >= 11 is 6.01. The van der Waals surface area contributed by atoms with E-state index in [1.54, 1.807) is 41.0 Å². The Bertz CT molecular complexity index is 1030. The Labute approximate surface area is 162 Å². The molecule has 0 saturated carbocycles. The number of carbonyl (C=O) groups is 2. The van der Waals surface area contributed by atoms with Crippen molar-refractivity contribution in [3.8, 4) is 0 Å². The number of nitrogens with zero attached hydrogens (tertiary/aromatic N) is 2. The maximum Gasteiger partial charge on any atom is 0.254 e. The van der Waals surface area contributed by atoms with E-state index in [1.165, 1.54) is 0 Å². The highest BCUT2D eigenvalue weighted by atomic mass is 35.5. The normalized spacial score (nSPS) is 17.4. The Kier molecular flexibility index (Phi) is 4.58. The summed E-state index contributed by atoms with van der Waals surface area (Å²) in [5.74, 6) is -0.246. The number of hydrogen-bond donors (Lipinski definition) is 0. The second kappa shape index (κ2) is 7.05. The highest BCUT2D eigenvalue weighted by Crippen LogP contribution is 2.29. The molecular weight excluding hydrogens is 360 g/mol. The van der Waals surface area contributed by atoms with Crippen LogP contribution < -0.4 is 4.90 Å². The van der Waals surface area contributed by atoms with Crippen LogP contribution in [0.5, 0.6) is 0 Å². The van der Waals surface area contributed by atoms with Gasteiger partial charge < -0.3 is 9.80 Å². The number of anilines is 1. The van der Waals surface area contributed by atoms with E-state index in [0.29, 0.717) is 23.7 Å². The molecule has 0 aliphatic carbocycles. The third kappa shape index (κ3) is 3.17. The molecule has 3 aromatic carbocycles. The van der Waals surface area contributed by atoms with E-state index in [1.807, 2.05) is 42.5 Å². The molecule has 136 valence electrons. The Morgan fingerprint density at radius 3 is 2.56 bits per heavy atom. The number of halogens is 1. The molecule has 5 heteroatoms. The van der Waals surface area contributed by atoms with Crippen LogP contribution in [0.25, 0.3) is 10.8 Å². The molecule has 27 heavy (non-hydrogen) atoms. The minimum absolute atomic E-state index is 0.0759. The third-order valence-electron chi connectivity index (χ3n) is 5.05. The summed E-state index contributed by atoms with van der Waals surface area (Å²) in [6.07, 6.45) is 0. The van der Waals surface area contributed by atoms with Crippen molar-refractivity contribution in [2.75, 3.05) is 18.0 Å². The highest BCUT2D eigenvalue weighted by molar-refractivity contribution is 6.31. The molecule has 1 atom stereocenters. The Balaban J connectivity index is 1.63. The lowest BCUT2D eigenvalue weighted by molar-refractivity contribution is -0.124. The van der Waals surface area contributed by atoms with E-state index in [9.17, 15) is 9.59 Å². The summed E-state index contributed by atoms with van der Waals surface area (Å²) in [6.45, 7) is 2.72. The van der Waals surface area contributed by atoms with Gasteiger partial charge in [0.05, 0.1) is 5.69 Å². The fourth-order valence-electron chi connectivity index (χ4n) is 3.62. The van der Waals surface area contributed by atoms with E-state index in [-0.39, 0.29) is 11.8 Å². The van der Waals surface area contributed by atoms with Crippen molar-refractivity contribution in [2.45, 2.75) is 13.0 Å². The fourth-order valence-corrected chi connectivity index (χ4v) is 3.81. The van der Waals surface area contributed by atoms with Gasteiger partial charge in [-0.15, -0.1) is 0 Å². The molecule has 2 amide bonds. The topological polar surface area (TPSA) is 40.6 Å². The fraction of sp³-hybridized carbons (Fsp3) is 0.182. The zero-order valence-corrected chi connectivity index (χ0v) is 15.7. The standard InChI is InChI=1S/C22H19ClN2O2/c1-15-21(26)25(20-11-5-7-16-6-2-3-10-19(16)20)13-12-24(15)22(27)17-8-4-9-18(23)14-17/h2-11,14-15H,12-13H2,1H3. The Hall–Kier alpha value is -2.85. The first-order valence-electron chi connectivity index (χ1n) is 8.92. The monoisotopic (exact) mass is 378 g/mol. The highest BCUT2D eigenvalue weighted by Gasteiger charge is 2.35. The van der Waals surface area contributed by atoms with Crippen molar-refractivity contribution in [3.63, 3.8) is 0 Å². The van der Waals surface area contributed by atoms with E-state index < -0.39 is 6.04 Å². The van der Waals surface area contributed by atoms with Gasteiger partial charge in [0.15, 0.2) is 0 Å². The molecule has 4 nitrogen and oxygen atoms in total. The van der Waals surface area contributed by atoms with Gasteiger partial charge in [0.1, 0.15) is 6.04 Å². The molecular formula is C22H19ClN2O2. The lowest BCUT2D eigenvalue weighted by Gasteiger charge is -2.39. The molecule has 1 unspecified atom stereocenters. The smallest absolute Gasteiger partial charge is 0.254 e. The number of carbonyl (C=O) groups excluding carboxylic acids is 2. The van der Waals surface area contributed by atoms with Crippen LogP contribution in [0.3, 0.4) is 0 Å². The lowest BCUT2D eigenvalue weighted by Crippen LogP contribution is -2.57. The molecule has 0 spiro atoms. The zero-order chi connectivity index (χ0) is 19.0. The SMILES string of the molecule is CC1C(=O)N(c2cccc3ccccc23)CCN1C(=O)c1cccc(Cl)c1.